The lowest BCUT2D eigenvalue weighted by atomic mass is 10.1. The number of rotatable bonds is 0. The number of nitrogens with zero attached hydrogens (tertiary/aromatic N) is 2. The second-order valence-electron chi connectivity index (χ2n) is 3.26. The fourth-order valence-corrected chi connectivity index (χ4v) is 2.03. The van der Waals surface area contributed by atoms with Gasteiger partial charge >= 0.3 is 0 Å². The molecule has 0 saturated carbocycles. The lowest BCUT2D eigenvalue weighted by Gasteiger charge is -1.97. The summed E-state index contributed by atoms with van der Waals surface area (Å²) < 4.78 is 0.715. The Balaban J connectivity index is 2.39. The summed E-state index contributed by atoms with van der Waals surface area (Å²) >= 11 is 3.29. The van der Waals surface area contributed by atoms with E-state index in [0.717, 1.165) is 0 Å². The van der Waals surface area contributed by atoms with Gasteiger partial charge in [-0.1, -0.05) is 0 Å². The summed E-state index contributed by atoms with van der Waals surface area (Å²) in [6.07, 6.45) is 1.67. The van der Waals surface area contributed by atoms with Crippen LogP contribution in [0.4, 0.5) is 0 Å². The molecule has 2 aromatic rings. The average Bonchev–Trinajstić information content (AvgIpc) is 2.54. The van der Waals surface area contributed by atoms with E-state index in [1.807, 2.05) is 0 Å². The molecule has 2 aromatic heterocycles. The molecule has 0 atom stereocenters. The van der Waals surface area contributed by atoms with Gasteiger partial charge < -0.3 is 0 Å². The van der Waals surface area contributed by atoms with Crippen LogP contribution in [0.25, 0.3) is 11.4 Å². The maximum atomic E-state index is 11.9. The molecule has 0 bridgehead atoms. The molecular weight excluding hydrogens is 256 g/mol. The Hall–Kier alpha value is -1.55. The van der Waals surface area contributed by atoms with E-state index in [-0.39, 0.29) is 5.78 Å². The van der Waals surface area contributed by atoms with Gasteiger partial charge in [0, 0.05) is 6.20 Å². The molecule has 0 amide bonds. The summed E-state index contributed by atoms with van der Waals surface area (Å²) in [7, 11) is 0. The molecule has 0 fully saturated rings. The van der Waals surface area contributed by atoms with Gasteiger partial charge in [-0.2, -0.15) is 0 Å². The van der Waals surface area contributed by atoms with Crippen LogP contribution in [0.15, 0.2) is 35.1 Å². The largest absolute Gasteiger partial charge is 0.288 e. The second-order valence-corrected chi connectivity index (χ2v) is 4.07. The highest BCUT2D eigenvalue weighted by atomic mass is 79.9. The molecule has 0 saturated heterocycles. The Bertz CT molecular complexity index is 581. The normalized spacial score (nSPS) is 12.5. The highest BCUT2D eigenvalue weighted by molar-refractivity contribution is 9.10. The highest BCUT2D eigenvalue weighted by Gasteiger charge is 2.28. The first-order chi connectivity index (χ1) is 7.27. The first kappa shape index (κ1) is 8.73. The molecular formula is C11H5BrN2O. The Kier molecular flexibility index (Phi) is 1.73. The van der Waals surface area contributed by atoms with Crippen LogP contribution in [-0.4, -0.2) is 15.8 Å². The summed E-state index contributed by atoms with van der Waals surface area (Å²) in [5, 5.41) is 0. The lowest BCUT2D eigenvalue weighted by molar-refractivity contribution is 0.104. The minimum Gasteiger partial charge on any atom is -0.288 e. The van der Waals surface area contributed by atoms with Gasteiger partial charge in [-0.15, -0.1) is 0 Å². The number of pyridine rings is 2. The number of carbonyl (C=O) groups is 1. The van der Waals surface area contributed by atoms with Crippen LogP contribution in [0.1, 0.15) is 15.9 Å². The minimum absolute atomic E-state index is 0.00750. The Morgan fingerprint density at radius 3 is 2.73 bits per heavy atom. The van der Waals surface area contributed by atoms with Crippen molar-refractivity contribution in [3.63, 3.8) is 0 Å². The van der Waals surface area contributed by atoms with Crippen LogP contribution in [0.3, 0.4) is 0 Å². The van der Waals surface area contributed by atoms with E-state index in [1.54, 1.807) is 30.5 Å². The van der Waals surface area contributed by atoms with Gasteiger partial charge in [0.2, 0.25) is 0 Å². The molecule has 0 unspecified atom stereocenters. The number of carbonyl (C=O) groups excluding carboxylic acids is 1. The van der Waals surface area contributed by atoms with Crippen molar-refractivity contribution in [1.82, 2.24) is 9.97 Å². The molecule has 3 rings (SSSR count). The van der Waals surface area contributed by atoms with Gasteiger partial charge in [0.25, 0.3) is 0 Å². The van der Waals surface area contributed by atoms with Crippen molar-refractivity contribution in [2.45, 2.75) is 0 Å². The van der Waals surface area contributed by atoms with Crippen molar-refractivity contribution in [2.75, 3.05) is 0 Å². The standard InChI is InChI=1S/C11H5BrN2O/c12-8-4-3-7-10(14-8)9-6(11(7)15)2-1-5-13-9/h1-5H. The number of hydrogen-bond acceptors (Lipinski definition) is 3. The van der Waals surface area contributed by atoms with Crippen molar-refractivity contribution in [2.24, 2.45) is 0 Å². The van der Waals surface area contributed by atoms with Gasteiger partial charge in [0.05, 0.1) is 11.1 Å². The Morgan fingerprint density at radius 2 is 1.87 bits per heavy atom. The topological polar surface area (TPSA) is 42.9 Å². The van der Waals surface area contributed by atoms with Gasteiger partial charge in [-0.25, -0.2) is 4.98 Å². The third kappa shape index (κ3) is 1.15. The minimum atomic E-state index is 0.00750. The molecule has 4 heteroatoms. The number of fused-ring (bicyclic) bond motifs is 3. The van der Waals surface area contributed by atoms with E-state index in [1.165, 1.54) is 0 Å². The first-order valence-electron chi connectivity index (χ1n) is 4.44. The molecule has 2 heterocycles. The van der Waals surface area contributed by atoms with E-state index >= 15 is 0 Å². The summed E-state index contributed by atoms with van der Waals surface area (Å²) in [6, 6.07) is 7.08. The van der Waals surface area contributed by atoms with E-state index in [0.29, 0.717) is 27.1 Å². The Labute approximate surface area is 94.3 Å². The molecule has 72 valence electrons. The molecule has 0 aliphatic heterocycles. The number of hydrogen-bond donors (Lipinski definition) is 0. The van der Waals surface area contributed by atoms with Gasteiger partial charge in [0.15, 0.2) is 5.78 Å². The van der Waals surface area contributed by atoms with E-state index in [2.05, 4.69) is 25.9 Å². The van der Waals surface area contributed by atoms with Crippen molar-refractivity contribution in [3.8, 4) is 11.4 Å². The molecule has 15 heavy (non-hydrogen) atoms. The van der Waals surface area contributed by atoms with Crippen LogP contribution < -0.4 is 0 Å². The molecule has 0 aromatic carbocycles. The molecule has 0 spiro atoms. The van der Waals surface area contributed by atoms with Crippen molar-refractivity contribution in [3.05, 3.63) is 46.2 Å². The van der Waals surface area contributed by atoms with Crippen molar-refractivity contribution < 1.29 is 4.79 Å². The summed E-state index contributed by atoms with van der Waals surface area (Å²) in [5.41, 5.74) is 2.62. The predicted octanol–water partition coefficient (Wildman–Crippen LogP) is 2.45. The molecule has 3 nitrogen and oxygen atoms in total. The van der Waals surface area contributed by atoms with Crippen LogP contribution in [-0.2, 0) is 0 Å². The molecule has 1 aliphatic rings. The van der Waals surface area contributed by atoms with Crippen LogP contribution >= 0.6 is 15.9 Å². The van der Waals surface area contributed by atoms with Gasteiger partial charge in [-0.3, -0.25) is 9.78 Å². The van der Waals surface area contributed by atoms with E-state index in [4.69, 9.17) is 0 Å². The number of aromatic nitrogens is 2. The quantitative estimate of drug-likeness (QED) is 0.584. The summed E-state index contributed by atoms with van der Waals surface area (Å²) in [5.74, 6) is 0.00750. The first-order valence-corrected chi connectivity index (χ1v) is 5.23. The maximum Gasteiger partial charge on any atom is 0.197 e. The molecule has 0 N–H and O–H groups in total. The smallest absolute Gasteiger partial charge is 0.197 e. The predicted molar refractivity (Wildman–Crippen MR) is 58.6 cm³/mol. The third-order valence-corrected chi connectivity index (χ3v) is 2.82. The van der Waals surface area contributed by atoms with Gasteiger partial charge in [-0.05, 0) is 40.2 Å². The average molecular weight is 261 g/mol. The zero-order chi connectivity index (χ0) is 10.4. The number of halogens is 1. The molecule has 0 radical (unpaired) electrons. The van der Waals surface area contributed by atoms with Crippen LogP contribution in [0.5, 0.6) is 0 Å². The van der Waals surface area contributed by atoms with Crippen molar-refractivity contribution >= 4 is 21.7 Å². The third-order valence-electron chi connectivity index (χ3n) is 2.38. The second kappa shape index (κ2) is 2.97. The van der Waals surface area contributed by atoms with Crippen LogP contribution in [0.2, 0.25) is 0 Å². The number of ketones is 1. The fraction of sp³-hybridized carbons (Fsp3) is 0. The monoisotopic (exact) mass is 260 g/mol. The molecule has 1 aliphatic carbocycles. The zero-order valence-electron chi connectivity index (χ0n) is 7.57. The maximum absolute atomic E-state index is 11.9. The fourth-order valence-electron chi connectivity index (χ4n) is 1.72. The van der Waals surface area contributed by atoms with E-state index < -0.39 is 0 Å². The SMILES string of the molecule is O=C1c2cccnc2-c2nc(Br)ccc21. The highest BCUT2D eigenvalue weighted by Crippen LogP contribution is 2.33. The summed E-state index contributed by atoms with van der Waals surface area (Å²) in [6.45, 7) is 0. The lowest BCUT2D eigenvalue weighted by Crippen LogP contribution is -1.94. The Morgan fingerprint density at radius 1 is 1.07 bits per heavy atom. The van der Waals surface area contributed by atoms with Crippen molar-refractivity contribution in [1.29, 1.82) is 0 Å². The zero-order valence-corrected chi connectivity index (χ0v) is 9.15. The van der Waals surface area contributed by atoms with Gasteiger partial charge in [0.1, 0.15) is 16.0 Å². The van der Waals surface area contributed by atoms with E-state index in [9.17, 15) is 4.79 Å². The summed E-state index contributed by atoms with van der Waals surface area (Å²) in [4.78, 5) is 20.4. The van der Waals surface area contributed by atoms with Crippen LogP contribution in [0, 0.1) is 0 Å².